The molecule has 0 saturated carbocycles. The van der Waals surface area contributed by atoms with Gasteiger partial charge in [-0.2, -0.15) is 0 Å². The van der Waals surface area contributed by atoms with Crippen molar-refractivity contribution in [2.45, 2.75) is 55.9 Å². The molecule has 2 aromatic carbocycles. The number of aliphatic hydroxyl groups is 2. The van der Waals surface area contributed by atoms with Crippen LogP contribution in [0.25, 0.3) is 0 Å². The van der Waals surface area contributed by atoms with Crippen molar-refractivity contribution in [2.75, 3.05) is 34.2 Å². The number of phenols is 1. The first-order valence-electron chi connectivity index (χ1n) is 13.8. The van der Waals surface area contributed by atoms with Crippen molar-refractivity contribution in [1.29, 1.82) is 0 Å². The quantitative estimate of drug-likeness (QED) is 0.430. The van der Waals surface area contributed by atoms with E-state index in [9.17, 15) is 20.1 Å². The standard InChI is InChI=1S/C29H32O13/c1-11-36-9-20-27(40-11)24(31)25(32)29(41-20)42-26-14-7-17-16(38-10-39-17)6-13(14)21(22-15(26)8-37-28(22)33)12-4-18(34-2)23(30)19(5-12)35-3/h4-7,11,15,20-22,24-27,29-32H,8-10H2,1-3H3/t11-,15+,20-,21-,22+,24-,25-,26-,27+,29+/m1/s1. The molecule has 0 bridgehead atoms. The molecule has 5 aliphatic rings. The summed E-state index contributed by atoms with van der Waals surface area (Å²) in [6.45, 7) is 1.93. The summed E-state index contributed by atoms with van der Waals surface area (Å²) < 4.78 is 51.5. The van der Waals surface area contributed by atoms with Crippen LogP contribution in [0.2, 0.25) is 0 Å². The lowest BCUT2D eigenvalue weighted by atomic mass is 9.66. The van der Waals surface area contributed by atoms with Crippen LogP contribution < -0.4 is 18.9 Å². The third kappa shape index (κ3) is 4.26. The van der Waals surface area contributed by atoms with Gasteiger partial charge in [-0.15, -0.1) is 0 Å². The van der Waals surface area contributed by atoms with E-state index < -0.39 is 66.8 Å². The number of cyclic esters (lactones) is 1. The normalized spacial score (nSPS) is 36.5. The predicted octanol–water partition coefficient (Wildman–Crippen LogP) is 1.34. The Hall–Kier alpha value is -3.33. The highest BCUT2D eigenvalue weighted by molar-refractivity contribution is 5.79. The van der Waals surface area contributed by atoms with Crippen LogP contribution in [0.3, 0.4) is 0 Å². The molecule has 0 radical (unpaired) electrons. The van der Waals surface area contributed by atoms with E-state index in [1.165, 1.54) is 14.2 Å². The highest BCUT2D eigenvalue weighted by Crippen LogP contribution is 2.57. The highest BCUT2D eigenvalue weighted by Gasteiger charge is 2.56. The Morgan fingerprint density at radius 1 is 0.881 bits per heavy atom. The van der Waals surface area contributed by atoms with Crippen LogP contribution in [0.15, 0.2) is 24.3 Å². The maximum Gasteiger partial charge on any atom is 0.310 e. The van der Waals surface area contributed by atoms with Gasteiger partial charge in [0, 0.05) is 11.8 Å². The predicted molar refractivity (Wildman–Crippen MR) is 138 cm³/mol. The molecule has 1 aliphatic carbocycles. The van der Waals surface area contributed by atoms with Gasteiger partial charge in [0.25, 0.3) is 0 Å². The third-order valence-corrected chi connectivity index (χ3v) is 8.75. The van der Waals surface area contributed by atoms with Crippen LogP contribution in [-0.2, 0) is 28.5 Å². The summed E-state index contributed by atoms with van der Waals surface area (Å²) in [6, 6.07) is 6.93. The largest absolute Gasteiger partial charge is 0.502 e. The number of phenolic OH excluding ortho intramolecular Hbond substituents is 1. The molecule has 0 amide bonds. The summed E-state index contributed by atoms with van der Waals surface area (Å²) in [4.78, 5) is 13.4. The molecule has 0 aromatic heterocycles. The maximum absolute atomic E-state index is 13.4. The molecule has 13 heteroatoms. The molecule has 0 unspecified atom stereocenters. The lowest BCUT2D eigenvalue weighted by Crippen LogP contribution is -2.63. The first-order chi connectivity index (χ1) is 20.3. The van der Waals surface area contributed by atoms with E-state index in [4.69, 9.17) is 42.6 Å². The van der Waals surface area contributed by atoms with Crippen molar-refractivity contribution in [3.63, 3.8) is 0 Å². The average Bonchev–Trinajstić information content (AvgIpc) is 3.61. The average molecular weight is 589 g/mol. The topological polar surface area (TPSA) is 161 Å². The van der Waals surface area contributed by atoms with Gasteiger partial charge in [-0.1, -0.05) is 0 Å². The number of aromatic hydroxyl groups is 1. The molecule has 13 nitrogen and oxygen atoms in total. The number of carbonyl (C=O) groups excluding carboxylic acids is 1. The van der Waals surface area contributed by atoms with Crippen LogP contribution in [0.4, 0.5) is 0 Å². The Morgan fingerprint density at radius 3 is 2.26 bits per heavy atom. The van der Waals surface area contributed by atoms with E-state index in [1.54, 1.807) is 31.2 Å². The summed E-state index contributed by atoms with van der Waals surface area (Å²) in [5.41, 5.74) is 2.01. The number of benzene rings is 2. The SMILES string of the molecule is COc1cc([C@@H]2c3cc4c(cc3[C@@H](O[C@@H]3O[C@@H]5CO[C@@H](C)O[C@@H]5[C@H](O)[C@H]3O)[C@H]3COC(=O)[C@H]23)OCO4)cc(OC)c1O. The molecule has 42 heavy (non-hydrogen) atoms. The van der Waals surface area contributed by atoms with Crippen molar-refractivity contribution < 1.29 is 62.7 Å². The van der Waals surface area contributed by atoms with Crippen LogP contribution >= 0.6 is 0 Å². The summed E-state index contributed by atoms with van der Waals surface area (Å²) in [6.07, 6.45) is -6.80. The molecule has 3 N–H and O–H groups in total. The van der Waals surface area contributed by atoms with Gasteiger partial charge in [0.05, 0.1) is 39.5 Å². The zero-order valence-electron chi connectivity index (χ0n) is 23.1. The first kappa shape index (κ1) is 27.5. The lowest BCUT2D eigenvalue weighted by Gasteiger charge is -2.47. The van der Waals surface area contributed by atoms with Crippen molar-refractivity contribution in [3.8, 4) is 28.7 Å². The molecule has 10 atom stereocenters. The smallest absolute Gasteiger partial charge is 0.310 e. The van der Waals surface area contributed by atoms with Gasteiger partial charge in [-0.05, 0) is 47.9 Å². The first-order valence-corrected chi connectivity index (χ1v) is 13.8. The number of hydrogen-bond donors (Lipinski definition) is 3. The molecule has 4 aliphatic heterocycles. The number of rotatable bonds is 5. The van der Waals surface area contributed by atoms with Gasteiger partial charge in [0.2, 0.25) is 12.5 Å². The van der Waals surface area contributed by atoms with E-state index in [0.29, 0.717) is 28.2 Å². The summed E-state index contributed by atoms with van der Waals surface area (Å²) in [7, 11) is 2.86. The molecule has 7 rings (SSSR count). The summed E-state index contributed by atoms with van der Waals surface area (Å²) >= 11 is 0. The number of methoxy groups -OCH3 is 2. The van der Waals surface area contributed by atoms with E-state index in [-0.39, 0.29) is 37.3 Å². The zero-order valence-corrected chi connectivity index (χ0v) is 23.1. The molecule has 0 spiro atoms. The van der Waals surface area contributed by atoms with Crippen molar-refractivity contribution in [2.24, 2.45) is 11.8 Å². The number of ether oxygens (including phenoxy) is 9. The van der Waals surface area contributed by atoms with E-state index in [2.05, 4.69) is 0 Å². The van der Waals surface area contributed by atoms with E-state index in [1.807, 2.05) is 0 Å². The van der Waals surface area contributed by atoms with E-state index >= 15 is 0 Å². The van der Waals surface area contributed by atoms with Crippen molar-refractivity contribution in [1.82, 2.24) is 0 Å². The van der Waals surface area contributed by atoms with Crippen molar-refractivity contribution in [3.05, 3.63) is 41.0 Å². The Kier molecular flexibility index (Phi) is 6.83. The van der Waals surface area contributed by atoms with Crippen molar-refractivity contribution >= 4 is 5.97 Å². The molecular formula is C29H32O13. The second-order valence-corrected chi connectivity index (χ2v) is 11.0. The zero-order chi connectivity index (χ0) is 29.3. The minimum Gasteiger partial charge on any atom is -0.502 e. The fraction of sp³-hybridized carbons (Fsp3) is 0.552. The minimum absolute atomic E-state index is 0.0301. The van der Waals surface area contributed by atoms with Gasteiger partial charge in [0.15, 0.2) is 35.6 Å². The molecular weight excluding hydrogens is 556 g/mol. The second-order valence-electron chi connectivity index (χ2n) is 11.0. The number of esters is 1. The van der Waals surface area contributed by atoms with Crippen LogP contribution in [-0.4, -0.2) is 92.5 Å². The Bertz CT molecular complexity index is 1350. The van der Waals surface area contributed by atoms with E-state index in [0.717, 1.165) is 0 Å². The van der Waals surface area contributed by atoms with Gasteiger partial charge in [-0.25, -0.2) is 0 Å². The summed E-state index contributed by atoms with van der Waals surface area (Å²) in [5, 5.41) is 32.5. The monoisotopic (exact) mass is 588 g/mol. The minimum atomic E-state index is -1.44. The lowest BCUT2D eigenvalue weighted by molar-refractivity contribution is -0.364. The molecule has 4 heterocycles. The number of aliphatic hydroxyl groups excluding tert-OH is 2. The van der Waals surface area contributed by atoms with Gasteiger partial charge in [0.1, 0.15) is 24.4 Å². The maximum atomic E-state index is 13.4. The molecule has 3 saturated heterocycles. The molecule has 2 aromatic rings. The number of hydrogen-bond acceptors (Lipinski definition) is 13. The summed E-state index contributed by atoms with van der Waals surface area (Å²) in [5.74, 6) is -1.02. The number of carbonyl (C=O) groups is 1. The van der Waals surface area contributed by atoms with Crippen LogP contribution in [0.5, 0.6) is 28.7 Å². The third-order valence-electron chi connectivity index (χ3n) is 8.75. The number of fused-ring (bicyclic) bond motifs is 4. The molecule has 3 fully saturated rings. The Labute approximate surface area is 240 Å². The second kappa shape index (κ2) is 10.4. The van der Waals surface area contributed by atoms with Gasteiger partial charge in [-0.3, -0.25) is 4.79 Å². The Balaban J connectivity index is 1.32. The fourth-order valence-electron chi connectivity index (χ4n) is 6.74. The highest BCUT2D eigenvalue weighted by atomic mass is 16.8. The van der Waals surface area contributed by atoms with Crippen LogP contribution in [0.1, 0.15) is 35.6 Å². The van der Waals surface area contributed by atoms with Gasteiger partial charge >= 0.3 is 5.97 Å². The Morgan fingerprint density at radius 2 is 1.57 bits per heavy atom. The fourth-order valence-corrected chi connectivity index (χ4v) is 6.74. The molecule has 226 valence electrons. The van der Waals surface area contributed by atoms with Gasteiger partial charge < -0.3 is 58.0 Å². The van der Waals surface area contributed by atoms with Crippen LogP contribution in [0, 0.1) is 11.8 Å².